The summed E-state index contributed by atoms with van der Waals surface area (Å²) >= 11 is 0.127. The van der Waals surface area contributed by atoms with E-state index in [1.165, 1.54) is 0 Å². The standard InChI is InChI=1S/C6H16NS/c1-5(2)8(7)6(3)4/h5-6H,7H2,1-4H3/q+1. The van der Waals surface area contributed by atoms with Crippen LogP contribution in [0.15, 0.2) is 0 Å². The van der Waals surface area contributed by atoms with Crippen LogP contribution in [0.5, 0.6) is 0 Å². The summed E-state index contributed by atoms with van der Waals surface area (Å²) in [6.45, 7) is 8.68. The lowest BCUT2D eigenvalue weighted by Gasteiger charge is -2.07. The van der Waals surface area contributed by atoms with E-state index in [4.69, 9.17) is 5.14 Å². The van der Waals surface area contributed by atoms with Crippen LogP contribution in [0.25, 0.3) is 0 Å². The van der Waals surface area contributed by atoms with E-state index in [-0.39, 0.29) is 11.1 Å². The second-order valence-corrected chi connectivity index (χ2v) is 5.21. The molecule has 0 saturated carbocycles. The average Bonchev–Trinajstić information content (AvgIpc) is 1.64. The monoisotopic (exact) mass is 134 g/mol. The van der Waals surface area contributed by atoms with Crippen molar-refractivity contribution >= 4 is 11.1 Å². The Labute approximate surface area is 55.1 Å². The van der Waals surface area contributed by atoms with Crippen LogP contribution < -0.4 is 5.14 Å². The van der Waals surface area contributed by atoms with Crippen molar-refractivity contribution in [3.63, 3.8) is 0 Å². The van der Waals surface area contributed by atoms with Crippen molar-refractivity contribution in [1.29, 1.82) is 0 Å². The molecule has 0 bridgehead atoms. The number of hydrogen-bond donors (Lipinski definition) is 1. The smallest absolute Gasteiger partial charge is 0.132 e. The van der Waals surface area contributed by atoms with Crippen LogP contribution in [0.2, 0.25) is 0 Å². The third-order valence-electron chi connectivity index (χ3n) is 1.09. The van der Waals surface area contributed by atoms with Crippen molar-refractivity contribution in [3.05, 3.63) is 0 Å². The molecule has 0 saturated heterocycles. The maximum absolute atomic E-state index is 5.79. The van der Waals surface area contributed by atoms with E-state index in [0.717, 1.165) is 0 Å². The summed E-state index contributed by atoms with van der Waals surface area (Å²) in [7, 11) is 0. The topological polar surface area (TPSA) is 26.0 Å². The normalized spacial score (nSPS) is 12.0. The third-order valence-corrected chi connectivity index (χ3v) is 3.27. The molecule has 0 aromatic heterocycles. The lowest BCUT2D eigenvalue weighted by atomic mass is 10.5. The minimum atomic E-state index is 0.127. The van der Waals surface area contributed by atoms with Crippen LogP contribution in [0.1, 0.15) is 27.7 Å². The molecule has 0 aliphatic carbocycles. The van der Waals surface area contributed by atoms with Crippen LogP contribution in [0, 0.1) is 0 Å². The number of hydrogen-bond acceptors (Lipinski definition) is 1. The molecule has 0 heterocycles. The van der Waals surface area contributed by atoms with Gasteiger partial charge in [-0.05, 0) is 27.7 Å². The molecule has 0 rings (SSSR count). The SMILES string of the molecule is CC(C)[S+](N)C(C)C. The Kier molecular flexibility index (Phi) is 3.49. The Hall–Kier alpha value is 0.310. The predicted molar refractivity (Wildman–Crippen MR) is 41.8 cm³/mol. The van der Waals surface area contributed by atoms with Crippen molar-refractivity contribution in [2.75, 3.05) is 0 Å². The molecule has 0 atom stereocenters. The van der Waals surface area contributed by atoms with Gasteiger partial charge in [-0.15, -0.1) is 0 Å². The Morgan fingerprint density at radius 1 is 1.00 bits per heavy atom. The second-order valence-electron chi connectivity index (χ2n) is 2.51. The van der Waals surface area contributed by atoms with Crippen LogP contribution in [-0.2, 0) is 11.1 Å². The zero-order chi connectivity index (χ0) is 6.73. The minimum absolute atomic E-state index is 0.127. The van der Waals surface area contributed by atoms with Gasteiger partial charge in [0.25, 0.3) is 0 Å². The van der Waals surface area contributed by atoms with Crippen molar-refractivity contribution in [3.8, 4) is 0 Å². The molecule has 0 aliphatic heterocycles. The average molecular weight is 134 g/mol. The van der Waals surface area contributed by atoms with E-state index >= 15 is 0 Å². The number of rotatable bonds is 2. The molecular weight excluding hydrogens is 118 g/mol. The van der Waals surface area contributed by atoms with Crippen molar-refractivity contribution < 1.29 is 0 Å². The molecule has 0 unspecified atom stereocenters. The van der Waals surface area contributed by atoms with Crippen LogP contribution in [0.4, 0.5) is 0 Å². The van der Waals surface area contributed by atoms with Gasteiger partial charge < -0.3 is 0 Å². The number of nitrogens with two attached hydrogens (primary N) is 1. The molecule has 50 valence electrons. The Balaban J connectivity index is 3.46. The Morgan fingerprint density at radius 3 is 1.25 bits per heavy atom. The highest BCUT2D eigenvalue weighted by atomic mass is 32.2. The van der Waals surface area contributed by atoms with Gasteiger partial charge in [-0.3, -0.25) is 0 Å². The molecule has 0 spiro atoms. The molecule has 1 nitrogen and oxygen atoms in total. The molecule has 0 aromatic carbocycles. The highest BCUT2D eigenvalue weighted by Crippen LogP contribution is 2.03. The van der Waals surface area contributed by atoms with E-state index in [2.05, 4.69) is 27.7 Å². The summed E-state index contributed by atoms with van der Waals surface area (Å²) in [5.41, 5.74) is 0. The molecule has 0 radical (unpaired) electrons. The van der Waals surface area contributed by atoms with E-state index < -0.39 is 0 Å². The third kappa shape index (κ3) is 2.58. The fourth-order valence-electron chi connectivity index (χ4n) is 0.544. The van der Waals surface area contributed by atoms with Crippen molar-refractivity contribution in [1.82, 2.24) is 0 Å². The van der Waals surface area contributed by atoms with E-state index in [1.807, 2.05) is 0 Å². The molecule has 2 heteroatoms. The van der Waals surface area contributed by atoms with E-state index in [9.17, 15) is 0 Å². The minimum Gasteiger partial charge on any atom is -0.151 e. The van der Waals surface area contributed by atoms with Gasteiger partial charge in [0.15, 0.2) is 0 Å². The van der Waals surface area contributed by atoms with Gasteiger partial charge in [-0.1, -0.05) is 0 Å². The molecule has 0 aliphatic rings. The summed E-state index contributed by atoms with van der Waals surface area (Å²) in [6, 6.07) is 0. The predicted octanol–water partition coefficient (Wildman–Crippen LogP) is 1.30. The summed E-state index contributed by atoms with van der Waals surface area (Å²) in [5, 5.41) is 7.08. The summed E-state index contributed by atoms with van der Waals surface area (Å²) < 4.78 is 0. The summed E-state index contributed by atoms with van der Waals surface area (Å²) in [4.78, 5) is 0. The fourth-order valence-corrected chi connectivity index (χ4v) is 1.63. The highest BCUT2D eigenvalue weighted by Gasteiger charge is 2.21. The zero-order valence-corrected chi connectivity index (χ0v) is 6.96. The molecule has 2 N–H and O–H groups in total. The molecule has 0 amide bonds. The van der Waals surface area contributed by atoms with Crippen molar-refractivity contribution in [2.45, 2.75) is 38.2 Å². The maximum Gasteiger partial charge on any atom is 0.132 e. The molecule has 0 aromatic rings. The van der Waals surface area contributed by atoms with Gasteiger partial charge in [0.1, 0.15) is 10.5 Å². The van der Waals surface area contributed by atoms with Crippen LogP contribution >= 0.6 is 0 Å². The zero-order valence-electron chi connectivity index (χ0n) is 6.14. The van der Waals surface area contributed by atoms with Gasteiger partial charge in [0, 0.05) is 0 Å². The first-order valence-corrected chi connectivity index (χ1v) is 4.43. The van der Waals surface area contributed by atoms with Crippen LogP contribution in [0.3, 0.4) is 0 Å². The van der Waals surface area contributed by atoms with Gasteiger partial charge in [-0.25, -0.2) is 0 Å². The second kappa shape index (κ2) is 3.36. The van der Waals surface area contributed by atoms with E-state index in [1.54, 1.807) is 0 Å². The molecule has 8 heavy (non-hydrogen) atoms. The fraction of sp³-hybridized carbons (Fsp3) is 1.00. The van der Waals surface area contributed by atoms with Gasteiger partial charge >= 0.3 is 0 Å². The Morgan fingerprint density at radius 2 is 1.25 bits per heavy atom. The van der Waals surface area contributed by atoms with Crippen LogP contribution in [-0.4, -0.2) is 10.5 Å². The van der Waals surface area contributed by atoms with E-state index in [0.29, 0.717) is 10.5 Å². The summed E-state index contributed by atoms with van der Waals surface area (Å²) in [5.74, 6) is 0. The quantitative estimate of drug-likeness (QED) is 0.566. The first-order valence-electron chi connectivity index (χ1n) is 3.02. The molecule has 0 fully saturated rings. The summed E-state index contributed by atoms with van der Waals surface area (Å²) in [6.07, 6.45) is 0. The first-order chi connectivity index (χ1) is 3.55. The largest absolute Gasteiger partial charge is 0.151 e. The lowest BCUT2D eigenvalue weighted by molar-refractivity contribution is 1.02. The first kappa shape index (κ1) is 8.31. The lowest BCUT2D eigenvalue weighted by Crippen LogP contribution is -2.31. The molecular formula is C6H16NS+. The maximum atomic E-state index is 5.79. The Bertz CT molecular complexity index is 53.5. The van der Waals surface area contributed by atoms with Crippen molar-refractivity contribution in [2.24, 2.45) is 5.14 Å². The highest BCUT2D eigenvalue weighted by molar-refractivity contribution is 7.95. The van der Waals surface area contributed by atoms with Gasteiger partial charge in [0.2, 0.25) is 0 Å². The van der Waals surface area contributed by atoms with Gasteiger partial charge in [-0.2, -0.15) is 5.14 Å². The van der Waals surface area contributed by atoms with Gasteiger partial charge in [0.05, 0.1) is 11.1 Å².